The molecule has 1 aliphatic rings. The topological polar surface area (TPSA) is 93.5 Å². The van der Waals surface area contributed by atoms with E-state index in [9.17, 15) is 13.8 Å². The number of H-pyrrole nitrogens is 1. The minimum Gasteiger partial charge on any atom is -0.487 e. The summed E-state index contributed by atoms with van der Waals surface area (Å²) in [6.45, 7) is 3.83. The van der Waals surface area contributed by atoms with Crippen LogP contribution >= 0.6 is 11.6 Å². The van der Waals surface area contributed by atoms with Crippen molar-refractivity contribution in [3.8, 4) is 5.75 Å². The predicted octanol–water partition coefficient (Wildman–Crippen LogP) is 3.45. The Bertz CT molecular complexity index is 1080. The Morgan fingerprint density at radius 2 is 2.07 bits per heavy atom. The smallest absolute Gasteiger partial charge is 0.277 e. The molecule has 28 heavy (non-hydrogen) atoms. The van der Waals surface area contributed by atoms with Crippen LogP contribution in [-0.2, 0) is 16.8 Å². The van der Waals surface area contributed by atoms with E-state index < -0.39 is 21.1 Å². The van der Waals surface area contributed by atoms with Crippen LogP contribution in [0.4, 0.5) is 5.69 Å². The second kappa shape index (κ2) is 8.36. The molecule has 1 N–H and O–H groups in total. The van der Waals surface area contributed by atoms with Gasteiger partial charge in [-0.05, 0) is 25.0 Å². The van der Waals surface area contributed by atoms with Crippen LogP contribution < -0.4 is 10.3 Å². The zero-order chi connectivity index (χ0) is 20.3. The fourth-order valence-electron chi connectivity index (χ4n) is 3.03. The molecule has 1 aromatic carbocycles. The van der Waals surface area contributed by atoms with Gasteiger partial charge in [-0.15, -0.1) is 0 Å². The molecule has 0 bridgehead atoms. The van der Waals surface area contributed by atoms with Gasteiger partial charge >= 0.3 is 0 Å². The Hall–Kier alpha value is -2.32. The average molecular weight is 424 g/mol. The minimum atomic E-state index is -2.47. The van der Waals surface area contributed by atoms with Crippen LogP contribution in [0.15, 0.2) is 40.1 Å². The Kier molecular flexibility index (Phi) is 6.10. The summed E-state index contributed by atoms with van der Waals surface area (Å²) in [6, 6.07) is 3.05. The Labute approximate surface area is 168 Å². The number of aromatic amines is 1. The third kappa shape index (κ3) is 4.07. The van der Waals surface area contributed by atoms with E-state index in [0.717, 1.165) is 19.3 Å². The SMILES string of the molecule is C=CCOc1ccc(C(=O)c2c[nH]n(C)c2=O)c(Cl)c1N=S1(=O)CCCCC1. The highest BCUT2D eigenvalue weighted by atomic mass is 35.5. The number of carbonyl (C=O) groups is 1. The molecule has 1 aliphatic heterocycles. The lowest BCUT2D eigenvalue weighted by Crippen LogP contribution is -2.19. The number of benzene rings is 1. The fourth-order valence-corrected chi connectivity index (χ4v) is 5.58. The first-order chi connectivity index (χ1) is 13.4. The molecule has 1 aromatic heterocycles. The van der Waals surface area contributed by atoms with Gasteiger partial charge in [-0.1, -0.05) is 30.7 Å². The number of hydrogen-bond acceptors (Lipinski definition) is 5. The third-order valence-corrected chi connectivity index (χ3v) is 7.30. The molecule has 0 unspecified atom stereocenters. The highest BCUT2D eigenvalue weighted by molar-refractivity contribution is 7.93. The van der Waals surface area contributed by atoms with Gasteiger partial charge in [0.05, 0.1) is 14.8 Å². The van der Waals surface area contributed by atoms with Gasteiger partial charge in [0, 0.05) is 30.3 Å². The Morgan fingerprint density at radius 1 is 1.36 bits per heavy atom. The molecule has 3 rings (SSSR count). The standard InChI is InChI=1S/C19H22ClN3O4S/c1-3-9-27-15-8-7-13(18(24)14-12-21-23(2)19(14)25)16(20)17(15)22-28(26)10-5-4-6-11-28/h3,7-8,12,21H,1,4-6,9-11H2,2H3. The van der Waals surface area contributed by atoms with Gasteiger partial charge < -0.3 is 9.84 Å². The highest BCUT2D eigenvalue weighted by Gasteiger charge is 2.24. The molecule has 1 saturated heterocycles. The van der Waals surface area contributed by atoms with Crippen molar-refractivity contribution in [1.82, 2.24) is 9.78 Å². The molecule has 9 heteroatoms. The van der Waals surface area contributed by atoms with Crippen molar-refractivity contribution in [2.75, 3.05) is 18.1 Å². The van der Waals surface area contributed by atoms with Crippen LogP contribution in [0.25, 0.3) is 0 Å². The predicted molar refractivity (Wildman–Crippen MR) is 110 cm³/mol. The Morgan fingerprint density at radius 3 is 2.68 bits per heavy atom. The molecular formula is C19H22ClN3O4S. The molecule has 0 amide bonds. The molecule has 0 aliphatic carbocycles. The van der Waals surface area contributed by atoms with E-state index in [2.05, 4.69) is 16.0 Å². The van der Waals surface area contributed by atoms with Crippen LogP contribution in [0.3, 0.4) is 0 Å². The van der Waals surface area contributed by atoms with Gasteiger partial charge in [-0.25, -0.2) is 4.21 Å². The van der Waals surface area contributed by atoms with Crippen molar-refractivity contribution in [1.29, 1.82) is 0 Å². The van der Waals surface area contributed by atoms with Crippen molar-refractivity contribution in [3.05, 3.63) is 57.5 Å². The number of carbonyl (C=O) groups excluding carboxylic acids is 1. The van der Waals surface area contributed by atoms with E-state index in [1.165, 1.54) is 24.0 Å². The van der Waals surface area contributed by atoms with Gasteiger partial charge in [-0.2, -0.15) is 4.36 Å². The van der Waals surface area contributed by atoms with Gasteiger partial charge in [-0.3, -0.25) is 14.3 Å². The maximum absolute atomic E-state index is 13.1. The number of nitrogens with zero attached hydrogens (tertiary/aromatic N) is 2. The van der Waals surface area contributed by atoms with Crippen LogP contribution in [-0.4, -0.2) is 37.9 Å². The maximum atomic E-state index is 13.1. The molecule has 1 fully saturated rings. The highest BCUT2D eigenvalue weighted by Crippen LogP contribution is 2.40. The molecule has 0 radical (unpaired) electrons. The first-order valence-electron chi connectivity index (χ1n) is 8.94. The van der Waals surface area contributed by atoms with E-state index in [1.807, 2.05) is 0 Å². The van der Waals surface area contributed by atoms with Crippen LogP contribution in [0.5, 0.6) is 5.75 Å². The second-order valence-corrected chi connectivity index (χ2v) is 9.51. The molecule has 7 nitrogen and oxygen atoms in total. The largest absolute Gasteiger partial charge is 0.487 e. The second-order valence-electron chi connectivity index (χ2n) is 6.59. The van der Waals surface area contributed by atoms with Gasteiger partial charge in [0.25, 0.3) is 5.56 Å². The number of aromatic nitrogens is 2. The number of ketones is 1. The van der Waals surface area contributed by atoms with E-state index in [1.54, 1.807) is 12.1 Å². The molecule has 2 aromatic rings. The zero-order valence-electron chi connectivity index (χ0n) is 15.6. The van der Waals surface area contributed by atoms with Gasteiger partial charge in [0.2, 0.25) is 5.78 Å². The number of rotatable bonds is 6. The molecule has 0 atom stereocenters. The summed E-state index contributed by atoms with van der Waals surface area (Å²) in [5.41, 5.74) is -0.183. The van der Waals surface area contributed by atoms with E-state index >= 15 is 0 Å². The summed E-state index contributed by atoms with van der Waals surface area (Å²) in [7, 11) is -0.958. The minimum absolute atomic E-state index is 0.0306. The van der Waals surface area contributed by atoms with Crippen molar-refractivity contribution in [2.45, 2.75) is 19.3 Å². The normalized spacial score (nSPS) is 15.8. The number of hydrogen-bond donors (Lipinski definition) is 1. The number of aryl methyl sites for hydroxylation is 1. The lowest BCUT2D eigenvalue weighted by atomic mass is 10.1. The zero-order valence-corrected chi connectivity index (χ0v) is 17.1. The number of nitrogens with one attached hydrogen (secondary N) is 1. The summed E-state index contributed by atoms with van der Waals surface area (Å²) in [6.07, 6.45) is 5.60. The van der Waals surface area contributed by atoms with E-state index in [-0.39, 0.29) is 28.4 Å². The lowest BCUT2D eigenvalue weighted by Gasteiger charge is -2.17. The van der Waals surface area contributed by atoms with Crippen molar-refractivity contribution in [3.63, 3.8) is 0 Å². The summed E-state index contributed by atoms with van der Waals surface area (Å²) in [5.74, 6) is 0.774. The van der Waals surface area contributed by atoms with Gasteiger partial charge in [0.1, 0.15) is 23.6 Å². The third-order valence-electron chi connectivity index (χ3n) is 4.55. The molecule has 2 heterocycles. The summed E-state index contributed by atoms with van der Waals surface area (Å²) < 4.78 is 24.4. The first kappa shape index (κ1) is 20.4. The van der Waals surface area contributed by atoms with Crippen molar-refractivity contribution in [2.24, 2.45) is 11.4 Å². The molecule has 0 saturated carbocycles. The first-order valence-corrected chi connectivity index (χ1v) is 11.2. The molecule has 0 spiro atoms. The van der Waals surface area contributed by atoms with Crippen molar-refractivity contribution < 1.29 is 13.7 Å². The average Bonchev–Trinajstić information content (AvgIpc) is 3.01. The summed E-state index contributed by atoms with van der Waals surface area (Å²) in [4.78, 5) is 25.0. The van der Waals surface area contributed by atoms with E-state index in [4.69, 9.17) is 16.3 Å². The van der Waals surface area contributed by atoms with Gasteiger partial charge in [0.15, 0.2) is 0 Å². The molecule has 150 valence electrons. The lowest BCUT2D eigenvalue weighted by molar-refractivity contribution is 0.103. The van der Waals surface area contributed by atoms with Crippen LogP contribution in [0, 0.1) is 0 Å². The van der Waals surface area contributed by atoms with Crippen LogP contribution in [0.2, 0.25) is 5.02 Å². The van der Waals surface area contributed by atoms with Crippen LogP contribution in [0.1, 0.15) is 35.2 Å². The van der Waals surface area contributed by atoms with E-state index in [0.29, 0.717) is 17.3 Å². The number of ether oxygens (including phenoxy) is 1. The monoisotopic (exact) mass is 423 g/mol. The summed E-state index contributed by atoms with van der Waals surface area (Å²) in [5, 5.41) is 2.70. The quantitative estimate of drug-likeness (QED) is 0.568. The molecular weight excluding hydrogens is 402 g/mol. The van der Waals surface area contributed by atoms with Crippen molar-refractivity contribution >= 4 is 32.8 Å². The maximum Gasteiger partial charge on any atom is 0.277 e. The Balaban J connectivity index is 2.14. The number of halogens is 1. The summed E-state index contributed by atoms with van der Waals surface area (Å²) >= 11 is 6.51. The fraction of sp³-hybridized carbons (Fsp3) is 0.368.